The van der Waals surface area contributed by atoms with Crippen LogP contribution in [0.25, 0.3) is 0 Å². The number of hydrogen-bond acceptors (Lipinski definition) is 5. The minimum Gasteiger partial charge on any atom is -0.377 e. The highest BCUT2D eigenvalue weighted by atomic mass is 16.5. The third-order valence-electron chi connectivity index (χ3n) is 13.9. The molecule has 1 aliphatic heterocycles. The van der Waals surface area contributed by atoms with Crippen molar-refractivity contribution in [1.29, 1.82) is 5.26 Å². The molecule has 222 valence electrons. The summed E-state index contributed by atoms with van der Waals surface area (Å²) < 4.78 is 6.70. The SMILES string of the molecule is CC(=O)N(/N=C/C(C)(C)[C@@H]1CC[C@]2(C)[C@H](CC[C@@H]3[C@H]4[C@H]5OC[C@@]4(CCC5(C)C)CC[C@]32C)[C@@]1(C)CC#N)C(C)=O. The highest BCUT2D eigenvalue weighted by Gasteiger charge is 2.72. The first-order valence-corrected chi connectivity index (χ1v) is 15.8. The normalized spacial score (nSPS) is 45.6. The Labute approximate surface area is 242 Å². The summed E-state index contributed by atoms with van der Waals surface area (Å²) in [6.45, 7) is 20.5. The van der Waals surface area contributed by atoms with Gasteiger partial charge in [0.1, 0.15) is 0 Å². The van der Waals surface area contributed by atoms with Gasteiger partial charge in [-0.2, -0.15) is 15.4 Å². The van der Waals surface area contributed by atoms with Crippen molar-refractivity contribution in [2.45, 2.75) is 126 Å². The highest BCUT2D eigenvalue weighted by molar-refractivity contribution is 5.93. The standard InChI is InChI=1S/C34H53N3O3/c1-22(38)37(23(2)39)36-20-30(5,6)25-12-13-33(9)26(31(25,7)18-19-35)11-10-24-27-28-29(3,4)14-16-34(27,21-40-28)17-15-32(24,33)8/h20,24-28H,10-18,21H2,1-9H3/b36-20+/t24-,25+,26-,27+,28-,31+,32-,33-,34-/m1/s1. The summed E-state index contributed by atoms with van der Waals surface area (Å²) in [6, 6.07) is 2.61. The van der Waals surface area contributed by atoms with Gasteiger partial charge in [0.05, 0.1) is 18.8 Å². The van der Waals surface area contributed by atoms with Crippen LogP contribution in [0.15, 0.2) is 5.10 Å². The number of rotatable bonds is 4. The van der Waals surface area contributed by atoms with Crippen molar-refractivity contribution in [3.8, 4) is 6.07 Å². The van der Waals surface area contributed by atoms with Crippen LogP contribution in [0.2, 0.25) is 0 Å². The highest BCUT2D eigenvalue weighted by Crippen LogP contribution is 2.77. The van der Waals surface area contributed by atoms with Gasteiger partial charge < -0.3 is 4.74 Å². The molecular weight excluding hydrogens is 498 g/mol. The van der Waals surface area contributed by atoms with E-state index in [2.05, 4.69) is 59.6 Å². The molecule has 0 radical (unpaired) electrons. The van der Waals surface area contributed by atoms with Crippen LogP contribution in [0.5, 0.6) is 0 Å². The summed E-state index contributed by atoms with van der Waals surface area (Å²) in [4.78, 5) is 24.1. The minimum atomic E-state index is -0.374. The Morgan fingerprint density at radius 2 is 1.62 bits per heavy atom. The molecule has 1 heterocycles. The predicted molar refractivity (Wildman–Crippen MR) is 157 cm³/mol. The molecule has 0 unspecified atom stereocenters. The van der Waals surface area contributed by atoms with Crippen molar-refractivity contribution < 1.29 is 14.3 Å². The molecule has 2 amide bonds. The number of nitrogens with zero attached hydrogens (tertiary/aromatic N) is 3. The Kier molecular flexibility index (Phi) is 6.98. The zero-order valence-electron chi connectivity index (χ0n) is 26.6. The summed E-state index contributed by atoms with van der Waals surface area (Å²) in [5.74, 6) is 1.24. The fraction of sp³-hybridized carbons (Fsp3) is 0.882. The van der Waals surface area contributed by atoms with E-state index in [4.69, 9.17) is 4.74 Å². The van der Waals surface area contributed by atoms with Crippen LogP contribution >= 0.6 is 0 Å². The first-order valence-electron chi connectivity index (χ1n) is 15.8. The third-order valence-corrected chi connectivity index (χ3v) is 13.9. The smallest absolute Gasteiger partial charge is 0.246 e. The van der Waals surface area contributed by atoms with Crippen molar-refractivity contribution >= 4 is 18.0 Å². The molecule has 5 rings (SSSR count). The second-order valence-corrected chi connectivity index (χ2v) is 16.5. The fourth-order valence-corrected chi connectivity index (χ4v) is 11.7. The number of nitriles is 1. The molecule has 5 fully saturated rings. The van der Waals surface area contributed by atoms with E-state index in [1.807, 2.05) is 6.21 Å². The van der Waals surface area contributed by atoms with Gasteiger partial charge in [-0.25, -0.2) is 0 Å². The number of ether oxygens (including phenoxy) is 1. The first-order chi connectivity index (χ1) is 18.5. The third kappa shape index (κ3) is 3.99. The summed E-state index contributed by atoms with van der Waals surface area (Å²) in [5, 5.41) is 15.5. The van der Waals surface area contributed by atoms with Crippen LogP contribution in [0.3, 0.4) is 0 Å². The molecule has 0 spiro atoms. The maximum absolute atomic E-state index is 12.0. The maximum atomic E-state index is 12.0. The molecule has 0 aromatic rings. The Hall–Kier alpha value is -1.74. The lowest BCUT2D eigenvalue weighted by atomic mass is 9.32. The van der Waals surface area contributed by atoms with Crippen LogP contribution in [0, 0.1) is 67.5 Å². The molecule has 40 heavy (non-hydrogen) atoms. The van der Waals surface area contributed by atoms with Gasteiger partial charge in [0, 0.05) is 31.9 Å². The topological polar surface area (TPSA) is 82.8 Å². The van der Waals surface area contributed by atoms with E-state index in [1.54, 1.807) is 0 Å². The lowest BCUT2D eigenvalue weighted by molar-refractivity contribution is -0.230. The van der Waals surface area contributed by atoms with E-state index < -0.39 is 0 Å². The molecule has 1 saturated heterocycles. The van der Waals surface area contributed by atoms with Gasteiger partial charge in [0.2, 0.25) is 11.8 Å². The Balaban J connectivity index is 1.50. The van der Waals surface area contributed by atoms with Crippen LogP contribution in [-0.2, 0) is 14.3 Å². The van der Waals surface area contributed by atoms with Gasteiger partial charge in [-0.15, -0.1) is 0 Å². The first kappa shape index (κ1) is 29.7. The Bertz CT molecular complexity index is 1120. The molecule has 2 bridgehead atoms. The molecule has 5 aliphatic rings. The van der Waals surface area contributed by atoms with Crippen molar-refractivity contribution in [1.82, 2.24) is 5.01 Å². The average molecular weight is 552 g/mol. The van der Waals surface area contributed by atoms with Gasteiger partial charge in [-0.1, -0.05) is 48.5 Å². The summed E-state index contributed by atoms with van der Waals surface area (Å²) in [5.41, 5.74) is 0.439. The number of carbonyl (C=O) groups excluding carboxylic acids is 2. The average Bonchev–Trinajstić information content (AvgIpc) is 3.18. The van der Waals surface area contributed by atoms with Crippen LogP contribution in [0.1, 0.15) is 120 Å². The van der Waals surface area contributed by atoms with E-state index in [9.17, 15) is 14.9 Å². The van der Waals surface area contributed by atoms with E-state index >= 15 is 0 Å². The van der Waals surface area contributed by atoms with E-state index in [0.29, 0.717) is 35.7 Å². The van der Waals surface area contributed by atoms with Crippen molar-refractivity contribution in [3.63, 3.8) is 0 Å². The summed E-state index contributed by atoms with van der Waals surface area (Å²) >= 11 is 0. The molecule has 9 atom stereocenters. The van der Waals surface area contributed by atoms with Gasteiger partial charge in [0.15, 0.2) is 0 Å². The zero-order chi connectivity index (χ0) is 29.5. The summed E-state index contributed by atoms with van der Waals surface area (Å²) in [7, 11) is 0. The van der Waals surface area contributed by atoms with Crippen LogP contribution in [0.4, 0.5) is 0 Å². The number of hydrogen-bond donors (Lipinski definition) is 0. The van der Waals surface area contributed by atoms with E-state index in [0.717, 1.165) is 30.9 Å². The molecule has 4 saturated carbocycles. The van der Waals surface area contributed by atoms with Gasteiger partial charge >= 0.3 is 0 Å². The number of imide groups is 1. The summed E-state index contributed by atoms with van der Waals surface area (Å²) in [6.07, 6.45) is 12.4. The lowest BCUT2D eigenvalue weighted by Gasteiger charge is -2.72. The van der Waals surface area contributed by atoms with Crippen LogP contribution in [-0.4, -0.2) is 35.7 Å². The molecular formula is C34H53N3O3. The lowest BCUT2D eigenvalue weighted by Crippen LogP contribution is -2.66. The Morgan fingerprint density at radius 1 is 0.975 bits per heavy atom. The predicted octanol–water partition coefficient (Wildman–Crippen LogP) is 7.38. The Morgan fingerprint density at radius 3 is 2.25 bits per heavy atom. The number of fused-ring (bicyclic) bond motifs is 3. The molecule has 6 heteroatoms. The number of hydrazone groups is 1. The quantitative estimate of drug-likeness (QED) is 0.270. The second kappa shape index (κ2) is 9.38. The van der Waals surface area contributed by atoms with Gasteiger partial charge in [0.25, 0.3) is 0 Å². The van der Waals surface area contributed by atoms with Crippen molar-refractivity contribution in [3.05, 3.63) is 0 Å². The monoisotopic (exact) mass is 551 g/mol. The van der Waals surface area contributed by atoms with Gasteiger partial charge in [-0.05, 0) is 102 Å². The molecule has 6 nitrogen and oxygen atoms in total. The van der Waals surface area contributed by atoms with Crippen molar-refractivity contribution in [2.75, 3.05) is 6.61 Å². The minimum absolute atomic E-state index is 0.151. The van der Waals surface area contributed by atoms with E-state index in [1.165, 1.54) is 46.0 Å². The fourth-order valence-electron chi connectivity index (χ4n) is 11.7. The van der Waals surface area contributed by atoms with Crippen LogP contribution < -0.4 is 0 Å². The molecule has 0 aromatic heterocycles. The second-order valence-electron chi connectivity index (χ2n) is 16.5. The van der Waals surface area contributed by atoms with E-state index in [-0.39, 0.29) is 44.8 Å². The van der Waals surface area contributed by atoms with Gasteiger partial charge in [-0.3, -0.25) is 9.59 Å². The largest absolute Gasteiger partial charge is 0.377 e. The zero-order valence-corrected chi connectivity index (χ0v) is 26.6. The molecule has 0 N–H and O–H groups in total. The number of carbonyl (C=O) groups is 2. The molecule has 0 aromatic carbocycles. The van der Waals surface area contributed by atoms with Crippen molar-refractivity contribution in [2.24, 2.45) is 61.3 Å². The molecule has 4 aliphatic carbocycles. The maximum Gasteiger partial charge on any atom is 0.246 e. The number of amides is 2.